The molecule has 23 heavy (non-hydrogen) atoms. The van der Waals surface area contributed by atoms with E-state index in [2.05, 4.69) is 10.6 Å². The number of halogens is 1. The van der Waals surface area contributed by atoms with Gasteiger partial charge < -0.3 is 16.4 Å². The zero-order valence-electron chi connectivity index (χ0n) is 13.7. The fourth-order valence-electron chi connectivity index (χ4n) is 2.63. The minimum Gasteiger partial charge on any atom is -0.328 e. The van der Waals surface area contributed by atoms with Crippen LogP contribution in [0.4, 0.5) is 11.4 Å². The van der Waals surface area contributed by atoms with Crippen LogP contribution in [0.15, 0.2) is 24.3 Å². The monoisotopic (exact) mass is 339 g/mol. The first-order valence-electron chi connectivity index (χ1n) is 7.93. The Morgan fingerprint density at radius 2 is 1.65 bits per heavy atom. The summed E-state index contributed by atoms with van der Waals surface area (Å²) in [6, 6.07) is 7.33. The van der Waals surface area contributed by atoms with Crippen LogP contribution < -0.4 is 16.4 Å². The summed E-state index contributed by atoms with van der Waals surface area (Å²) in [5, 5.41) is 5.75. The van der Waals surface area contributed by atoms with E-state index in [9.17, 15) is 9.59 Å². The minimum absolute atomic E-state index is 0. The van der Waals surface area contributed by atoms with Crippen molar-refractivity contribution in [2.45, 2.75) is 45.6 Å². The van der Waals surface area contributed by atoms with Crippen molar-refractivity contribution >= 4 is 35.6 Å². The van der Waals surface area contributed by atoms with E-state index in [0.29, 0.717) is 0 Å². The third kappa shape index (κ3) is 5.84. The summed E-state index contributed by atoms with van der Waals surface area (Å²) in [6.07, 6.45) is 3.68. The summed E-state index contributed by atoms with van der Waals surface area (Å²) in [7, 11) is 0. The third-order valence-corrected chi connectivity index (χ3v) is 4.03. The molecule has 0 radical (unpaired) electrons. The topological polar surface area (TPSA) is 84.2 Å². The van der Waals surface area contributed by atoms with Crippen molar-refractivity contribution < 1.29 is 9.59 Å². The summed E-state index contributed by atoms with van der Waals surface area (Å²) >= 11 is 0. The van der Waals surface area contributed by atoms with Gasteiger partial charge in [-0.2, -0.15) is 0 Å². The number of rotatable bonds is 4. The van der Waals surface area contributed by atoms with Crippen molar-refractivity contribution in [3.05, 3.63) is 24.3 Å². The molecule has 128 valence electrons. The second kappa shape index (κ2) is 8.89. The molecule has 0 aliphatic heterocycles. The first-order valence-corrected chi connectivity index (χ1v) is 7.93. The number of carbonyl (C=O) groups excluding carboxylic acids is 2. The van der Waals surface area contributed by atoms with Gasteiger partial charge in [-0.05, 0) is 43.5 Å². The number of nitrogens with one attached hydrogen (secondary N) is 2. The highest BCUT2D eigenvalue weighted by molar-refractivity contribution is 5.94. The van der Waals surface area contributed by atoms with Crippen LogP contribution in [0.2, 0.25) is 0 Å². The minimum atomic E-state index is -0.0603. The number of hydrogen-bond donors (Lipinski definition) is 3. The molecule has 0 saturated heterocycles. The van der Waals surface area contributed by atoms with Crippen LogP contribution in [0.3, 0.4) is 0 Å². The number of carbonyl (C=O) groups is 2. The van der Waals surface area contributed by atoms with Gasteiger partial charge in [0.1, 0.15) is 0 Å². The molecule has 0 bridgehead atoms. The van der Waals surface area contributed by atoms with Crippen LogP contribution in [0.5, 0.6) is 0 Å². The largest absolute Gasteiger partial charge is 0.328 e. The molecule has 1 saturated carbocycles. The summed E-state index contributed by atoms with van der Waals surface area (Å²) in [5.41, 5.74) is 7.40. The lowest BCUT2D eigenvalue weighted by atomic mass is 9.85. The Labute approximate surface area is 143 Å². The van der Waals surface area contributed by atoms with Crippen LogP contribution in [0, 0.1) is 11.8 Å². The van der Waals surface area contributed by atoms with Gasteiger partial charge in [0.25, 0.3) is 0 Å². The molecular formula is C17H26ClN3O2. The van der Waals surface area contributed by atoms with Crippen molar-refractivity contribution in [1.29, 1.82) is 0 Å². The summed E-state index contributed by atoms with van der Waals surface area (Å²) < 4.78 is 0. The first kappa shape index (κ1) is 19.5. The third-order valence-electron chi connectivity index (χ3n) is 4.03. The van der Waals surface area contributed by atoms with E-state index in [1.807, 2.05) is 13.8 Å². The molecule has 1 fully saturated rings. The fraction of sp³-hybridized carbons (Fsp3) is 0.529. The highest BCUT2D eigenvalue weighted by Gasteiger charge is 2.25. The molecule has 1 aliphatic carbocycles. The summed E-state index contributed by atoms with van der Waals surface area (Å²) in [5.74, 6) is -0.0407. The summed E-state index contributed by atoms with van der Waals surface area (Å²) in [6.45, 7) is 3.69. The standard InChI is InChI=1S/C17H25N3O2.ClH/c1-11(2)16(21)19-14-6-8-15(9-7-14)20-17(22)12-4-3-5-13(18)10-12;/h6-9,11-13H,3-5,10,18H2,1-2H3,(H,19,21)(H,20,22);1H. The quantitative estimate of drug-likeness (QED) is 0.787. The lowest BCUT2D eigenvalue weighted by Gasteiger charge is -2.25. The summed E-state index contributed by atoms with van der Waals surface area (Å²) in [4.78, 5) is 23.8. The van der Waals surface area contributed by atoms with Crippen molar-refractivity contribution in [2.24, 2.45) is 17.6 Å². The van der Waals surface area contributed by atoms with Gasteiger partial charge in [-0.1, -0.05) is 20.3 Å². The molecule has 6 heteroatoms. The van der Waals surface area contributed by atoms with Crippen LogP contribution >= 0.6 is 12.4 Å². The van der Waals surface area contributed by atoms with Gasteiger partial charge in [-0.3, -0.25) is 9.59 Å². The van der Waals surface area contributed by atoms with Crippen LogP contribution in [0.25, 0.3) is 0 Å². The average Bonchev–Trinajstić information content (AvgIpc) is 2.49. The predicted octanol–water partition coefficient (Wildman–Crippen LogP) is 3.16. The van der Waals surface area contributed by atoms with Crippen LogP contribution in [0.1, 0.15) is 39.5 Å². The van der Waals surface area contributed by atoms with E-state index in [0.717, 1.165) is 37.1 Å². The molecule has 4 N–H and O–H groups in total. The lowest BCUT2D eigenvalue weighted by Crippen LogP contribution is -2.34. The maximum absolute atomic E-state index is 12.2. The van der Waals surface area contributed by atoms with Gasteiger partial charge in [0.05, 0.1) is 0 Å². The van der Waals surface area contributed by atoms with Crippen molar-refractivity contribution in [1.82, 2.24) is 0 Å². The number of nitrogens with two attached hydrogens (primary N) is 1. The predicted molar refractivity (Wildman–Crippen MR) is 95.7 cm³/mol. The van der Waals surface area contributed by atoms with Gasteiger partial charge in [-0.15, -0.1) is 12.4 Å². The van der Waals surface area contributed by atoms with Crippen LogP contribution in [-0.2, 0) is 9.59 Å². The molecule has 1 aliphatic rings. The Kier molecular flexibility index (Phi) is 7.52. The van der Waals surface area contributed by atoms with Gasteiger partial charge >= 0.3 is 0 Å². The molecule has 2 rings (SSSR count). The van der Waals surface area contributed by atoms with E-state index in [1.165, 1.54) is 0 Å². The fourth-order valence-corrected chi connectivity index (χ4v) is 2.63. The van der Waals surface area contributed by atoms with Crippen molar-refractivity contribution in [3.63, 3.8) is 0 Å². The Hall–Kier alpha value is -1.59. The molecule has 0 aromatic heterocycles. The van der Waals surface area contributed by atoms with E-state index in [4.69, 9.17) is 5.73 Å². The van der Waals surface area contributed by atoms with Gasteiger partial charge in [0.15, 0.2) is 0 Å². The van der Waals surface area contributed by atoms with Gasteiger partial charge in [0.2, 0.25) is 11.8 Å². The normalized spacial score (nSPS) is 20.5. The molecule has 2 unspecified atom stereocenters. The molecule has 1 aromatic rings. The van der Waals surface area contributed by atoms with Crippen LogP contribution in [-0.4, -0.2) is 17.9 Å². The second-order valence-corrected chi connectivity index (χ2v) is 6.33. The average molecular weight is 340 g/mol. The van der Waals surface area contributed by atoms with E-state index in [1.54, 1.807) is 24.3 Å². The number of hydrogen-bond acceptors (Lipinski definition) is 3. The van der Waals surface area contributed by atoms with Gasteiger partial charge in [-0.25, -0.2) is 0 Å². The number of benzene rings is 1. The lowest BCUT2D eigenvalue weighted by molar-refractivity contribution is -0.121. The number of anilines is 2. The van der Waals surface area contributed by atoms with E-state index < -0.39 is 0 Å². The zero-order chi connectivity index (χ0) is 16.1. The Bertz CT molecular complexity index is 531. The SMILES string of the molecule is CC(C)C(=O)Nc1ccc(NC(=O)C2CCCC(N)C2)cc1.Cl. The van der Waals surface area contributed by atoms with Crippen molar-refractivity contribution in [3.8, 4) is 0 Å². The van der Waals surface area contributed by atoms with Crippen molar-refractivity contribution in [2.75, 3.05) is 10.6 Å². The molecule has 0 spiro atoms. The Morgan fingerprint density at radius 3 is 2.17 bits per heavy atom. The molecule has 1 aromatic carbocycles. The van der Waals surface area contributed by atoms with Gasteiger partial charge in [0, 0.05) is 29.3 Å². The number of amides is 2. The first-order chi connectivity index (χ1) is 10.5. The zero-order valence-corrected chi connectivity index (χ0v) is 14.5. The second-order valence-electron chi connectivity index (χ2n) is 6.33. The van der Waals surface area contributed by atoms with E-state index in [-0.39, 0.29) is 42.1 Å². The van der Waals surface area contributed by atoms with E-state index >= 15 is 0 Å². The highest BCUT2D eigenvalue weighted by Crippen LogP contribution is 2.24. The maximum atomic E-state index is 12.2. The maximum Gasteiger partial charge on any atom is 0.227 e. The molecule has 2 amide bonds. The molecule has 0 heterocycles. The molecule has 5 nitrogen and oxygen atoms in total. The smallest absolute Gasteiger partial charge is 0.227 e. The molecular weight excluding hydrogens is 314 g/mol. The highest BCUT2D eigenvalue weighted by atomic mass is 35.5. The Morgan fingerprint density at radius 1 is 1.09 bits per heavy atom. The Balaban J connectivity index is 0.00000264. The molecule has 2 atom stereocenters.